The molecule has 0 radical (unpaired) electrons. The molecule has 1 unspecified atom stereocenters. The molecule has 4 nitrogen and oxygen atoms in total. The van der Waals surface area contributed by atoms with Crippen molar-refractivity contribution in [3.05, 3.63) is 27.7 Å². The zero-order valence-corrected chi connectivity index (χ0v) is 12.8. The highest BCUT2D eigenvalue weighted by molar-refractivity contribution is 6.44. The Morgan fingerprint density at radius 2 is 2.05 bits per heavy atom. The van der Waals surface area contributed by atoms with Gasteiger partial charge in [0.15, 0.2) is 0 Å². The highest BCUT2D eigenvalue weighted by Gasteiger charge is 2.16. The van der Waals surface area contributed by atoms with Crippen LogP contribution in [0.2, 0.25) is 10.0 Å². The lowest BCUT2D eigenvalue weighted by Crippen LogP contribution is -2.35. The Balaban J connectivity index is 2.73. The van der Waals surface area contributed by atoms with E-state index in [0.717, 1.165) is 13.0 Å². The Morgan fingerprint density at radius 1 is 1.42 bits per heavy atom. The predicted octanol–water partition coefficient (Wildman–Crippen LogP) is 2.65. The van der Waals surface area contributed by atoms with Crippen molar-refractivity contribution in [2.45, 2.75) is 19.4 Å². The van der Waals surface area contributed by atoms with Crippen molar-refractivity contribution in [1.82, 2.24) is 10.2 Å². The summed E-state index contributed by atoms with van der Waals surface area (Å²) in [5, 5.41) is 3.40. The first-order valence-corrected chi connectivity index (χ1v) is 6.77. The Bertz CT molecular complexity index is 463. The molecule has 0 aromatic heterocycles. The molecule has 1 rings (SSSR count). The number of rotatable bonds is 5. The number of hydrogen-bond donors (Lipinski definition) is 2. The van der Waals surface area contributed by atoms with Gasteiger partial charge in [-0.1, -0.05) is 23.2 Å². The Morgan fingerprint density at radius 3 is 2.63 bits per heavy atom. The van der Waals surface area contributed by atoms with E-state index in [1.807, 2.05) is 21.0 Å². The standard InChI is InChI=1S/C13H19Cl2N3O/c1-8(4-5-18(2)3)17-13(19)10-6-9(16)7-11(14)12(10)15/h6-8H,4-5,16H2,1-3H3,(H,17,19). The maximum atomic E-state index is 12.1. The van der Waals surface area contributed by atoms with E-state index in [1.54, 1.807) is 0 Å². The Hall–Kier alpha value is -0.970. The van der Waals surface area contributed by atoms with Crippen molar-refractivity contribution in [2.24, 2.45) is 0 Å². The van der Waals surface area contributed by atoms with Gasteiger partial charge in [-0.2, -0.15) is 0 Å². The molecule has 6 heteroatoms. The lowest BCUT2D eigenvalue weighted by atomic mass is 10.1. The second-order valence-corrected chi connectivity index (χ2v) is 5.62. The Kier molecular flexibility index (Phi) is 5.91. The predicted molar refractivity (Wildman–Crippen MR) is 81.0 cm³/mol. The molecule has 0 aliphatic heterocycles. The molecule has 1 atom stereocenters. The quantitative estimate of drug-likeness (QED) is 0.822. The normalized spacial score (nSPS) is 12.5. The summed E-state index contributed by atoms with van der Waals surface area (Å²) in [6, 6.07) is 3.10. The molecular formula is C13H19Cl2N3O. The summed E-state index contributed by atoms with van der Waals surface area (Å²) < 4.78 is 0. The van der Waals surface area contributed by atoms with Gasteiger partial charge >= 0.3 is 0 Å². The zero-order valence-electron chi connectivity index (χ0n) is 11.3. The van der Waals surface area contributed by atoms with Crippen LogP contribution in [0.25, 0.3) is 0 Å². The largest absolute Gasteiger partial charge is 0.399 e. The van der Waals surface area contributed by atoms with Crippen LogP contribution < -0.4 is 11.1 Å². The smallest absolute Gasteiger partial charge is 0.253 e. The number of hydrogen-bond acceptors (Lipinski definition) is 3. The summed E-state index contributed by atoms with van der Waals surface area (Å²) >= 11 is 11.9. The fraction of sp³-hybridized carbons (Fsp3) is 0.462. The third-order valence-corrected chi connectivity index (χ3v) is 3.48. The molecule has 3 N–H and O–H groups in total. The molecule has 1 amide bonds. The molecular weight excluding hydrogens is 285 g/mol. The van der Waals surface area contributed by atoms with Crippen LogP contribution >= 0.6 is 23.2 Å². The van der Waals surface area contributed by atoms with Gasteiger partial charge in [0.25, 0.3) is 5.91 Å². The number of nitrogens with one attached hydrogen (secondary N) is 1. The topological polar surface area (TPSA) is 58.4 Å². The number of benzene rings is 1. The van der Waals surface area contributed by atoms with Crippen molar-refractivity contribution >= 4 is 34.8 Å². The van der Waals surface area contributed by atoms with Crippen molar-refractivity contribution < 1.29 is 4.79 Å². The number of carbonyl (C=O) groups excluding carboxylic acids is 1. The van der Waals surface area contributed by atoms with Crippen LogP contribution in [-0.4, -0.2) is 37.5 Å². The van der Waals surface area contributed by atoms with Crippen LogP contribution in [-0.2, 0) is 0 Å². The van der Waals surface area contributed by atoms with Gasteiger partial charge in [-0.3, -0.25) is 4.79 Å². The van der Waals surface area contributed by atoms with Crippen LogP contribution in [0.15, 0.2) is 12.1 Å². The van der Waals surface area contributed by atoms with Crippen molar-refractivity contribution in [3.8, 4) is 0 Å². The fourth-order valence-electron chi connectivity index (χ4n) is 1.60. The summed E-state index contributed by atoms with van der Waals surface area (Å²) in [4.78, 5) is 14.2. The fourth-order valence-corrected chi connectivity index (χ4v) is 2.02. The lowest BCUT2D eigenvalue weighted by molar-refractivity contribution is 0.0937. The molecule has 0 aliphatic carbocycles. The molecule has 1 aromatic carbocycles. The molecule has 0 aliphatic rings. The van der Waals surface area contributed by atoms with Gasteiger partial charge < -0.3 is 16.0 Å². The summed E-state index contributed by atoms with van der Waals surface area (Å²) in [5.41, 5.74) is 6.39. The van der Waals surface area contributed by atoms with Crippen LogP contribution in [0, 0.1) is 0 Å². The average molecular weight is 304 g/mol. The molecule has 0 saturated carbocycles. The minimum atomic E-state index is -0.259. The van der Waals surface area contributed by atoms with Crippen LogP contribution in [0.1, 0.15) is 23.7 Å². The minimum absolute atomic E-state index is 0.0474. The zero-order chi connectivity index (χ0) is 14.6. The summed E-state index contributed by atoms with van der Waals surface area (Å²) in [7, 11) is 3.98. The third kappa shape index (κ3) is 4.90. The molecule has 106 valence electrons. The van der Waals surface area contributed by atoms with E-state index in [4.69, 9.17) is 28.9 Å². The van der Waals surface area contributed by atoms with Gasteiger partial charge in [-0.05, 0) is 46.1 Å². The highest BCUT2D eigenvalue weighted by Crippen LogP contribution is 2.28. The second-order valence-electron chi connectivity index (χ2n) is 4.83. The Labute approximate surface area is 123 Å². The first-order valence-electron chi connectivity index (χ1n) is 6.01. The minimum Gasteiger partial charge on any atom is -0.399 e. The molecule has 0 spiro atoms. The number of halogens is 2. The molecule has 19 heavy (non-hydrogen) atoms. The third-order valence-electron chi connectivity index (χ3n) is 2.68. The van der Waals surface area contributed by atoms with Gasteiger partial charge in [-0.25, -0.2) is 0 Å². The average Bonchev–Trinajstić information content (AvgIpc) is 2.31. The molecule has 0 bridgehead atoms. The van der Waals surface area contributed by atoms with E-state index >= 15 is 0 Å². The highest BCUT2D eigenvalue weighted by atomic mass is 35.5. The number of nitrogen functional groups attached to an aromatic ring is 1. The number of nitrogens with zero attached hydrogens (tertiary/aromatic N) is 1. The number of carbonyl (C=O) groups is 1. The van der Waals surface area contributed by atoms with E-state index in [-0.39, 0.29) is 22.0 Å². The maximum Gasteiger partial charge on any atom is 0.253 e. The van der Waals surface area contributed by atoms with Gasteiger partial charge in [0.05, 0.1) is 15.6 Å². The van der Waals surface area contributed by atoms with Crippen LogP contribution in [0.3, 0.4) is 0 Å². The van der Waals surface area contributed by atoms with Gasteiger partial charge in [0.1, 0.15) is 0 Å². The van der Waals surface area contributed by atoms with Crippen LogP contribution in [0.5, 0.6) is 0 Å². The van der Waals surface area contributed by atoms with E-state index in [2.05, 4.69) is 10.2 Å². The van der Waals surface area contributed by atoms with Gasteiger partial charge in [-0.15, -0.1) is 0 Å². The second kappa shape index (κ2) is 6.98. The number of anilines is 1. The first-order chi connectivity index (χ1) is 8.81. The molecule has 0 heterocycles. The maximum absolute atomic E-state index is 12.1. The summed E-state index contributed by atoms with van der Waals surface area (Å²) in [6.45, 7) is 2.84. The van der Waals surface area contributed by atoms with E-state index in [0.29, 0.717) is 11.3 Å². The number of nitrogens with two attached hydrogens (primary N) is 1. The SMILES string of the molecule is CC(CCN(C)C)NC(=O)c1cc(N)cc(Cl)c1Cl. The van der Waals surface area contributed by atoms with E-state index in [1.165, 1.54) is 12.1 Å². The molecule has 0 saturated heterocycles. The molecule has 0 fully saturated rings. The summed E-state index contributed by atoms with van der Waals surface area (Å²) in [5.74, 6) is -0.259. The van der Waals surface area contributed by atoms with Crippen molar-refractivity contribution in [1.29, 1.82) is 0 Å². The van der Waals surface area contributed by atoms with E-state index in [9.17, 15) is 4.79 Å². The van der Waals surface area contributed by atoms with Crippen molar-refractivity contribution in [3.63, 3.8) is 0 Å². The monoisotopic (exact) mass is 303 g/mol. The van der Waals surface area contributed by atoms with Gasteiger partial charge in [0.2, 0.25) is 0 Å². The summed E-state index contributed by atoms with van der Waals surface area (Å²) in [6.07, 6.45) is 0.854. The lowest BCUT2D eigenvalue weighted by Gasteiger charge is -2.17. The first kappa shape index (κ1) is 16.1. The van der Waals surface area contributed by atoms with E-state index < -0.39 is 0 Å². The molecule has 1 aromatic rings. The van der Waals surface area contributed by atoms with Gasteiger partial charge in [0, 0.05) is 11.7 Å². The van der Waals surface area contributed by atoms with Crippen LogP contribution in [0.4, 0.5) is 5.69 Å². The van der Waals surface area contributed by atoms with Crippen molar-refractivity contribution in [2.75, 3.05) is 26.4 Å². The number of amides is 1.